The molecule has 7 heteroatoms. The fourth-order valence-corrected chi connectivity index (χ4v) is 2.03. The van der Waals surface area contributed by atoms with Crippen LogP contribution in [0.1, 0.15) is 22.8 Å². The fourth-order valence-electron chi connectivity index (χ4n) is 1.84. The molecule has 1 aromatic heterocycles. The van der Waals surface area contributed by atoms with E-state index in [0.29, 0.717) is 5.02 Å². The average molecular weight is 303 g/mol. The van der Waals surface area contributed by atoms with Crippen molar-refractivity contribution in [2.45, 2.75) is 12.3 Å². The predicted octanol–water partition coefficient (Wildman–Crippen LogP) is 3.42. The zero-order valence-electron chi connectivity index (χ0n) is 10.0. The van der Waals surface area contributed by atoms with Gasteiger partial charge in [-0.2, -0.15) is 13.2 Å². The number of nitrogens with zero attached hydrogens (tertiary/aromatic N) is 1. The summed E-state index contributed by atoms with van der Waals surface area (Å²) in [6.45, 7) is 0. The zero-order chi connectivity index (χ0) is 14.9. The molecular weight excluding hydrogens is 293 g/mol. The highest BCUT2D eigenvalue weighted by atomic mass is 35.5. The summed E-state index contributed by atoms with van der Waals surface area (Å²) in [6.07, 6.45) is -4.12. The van der Waals surface area contributed by atoms with Gasteiger partial charge in [-0.25, -0.2) is 0 Å². The van der Waals surface area contributed by atoms with E-state index in [1.807, 2.05) is 0 Å². The van der Waals surface area contributed by atoms with Gasteiger partial charge in [-0.1, -0.05) is 17.7 Å². The molecule has 0 aliphatic heterocycles. The normalized spacial score (nSPS) is 13.2. The first kappa shape index (κ1) is 14.6. The first-order chi connectivity index (χ1) is 9.30. The molecule has 0 saturated heterocycles. The van der Waals surface area contributed by atoms with E-state index in [0.717, 1.165) is 18.5 Å². The molecular formula is C13H10ClF3N2O. The Balaban J connectivity index is 2.51. The second-order valence-electron chi connectivity index (χ2n) is 4.14. The molecule has 20 heavy (non-hydrogen) atoms. The molecule has 0 amide bonds. The lowest BCUT2D eigenvalue weighted by Gasteiger charge is -2.18. The summed E-state index contributed by atoms with van der Waals surface area (Å²) < 4.78 is 38.7. The molecule has 3 N–H and O–H groups in total. The van der Waals surface area contributed by atoms with E-state index in [9.17, 15) is 18.3 Å². The van der Waals surface area contributed by atoms with Gasteiger partial charge < -0.3 is 10.8 Å². The van der Waals surface area contributed by atoms with Gasteiger partial charge in [-0.3, -0.25) is 4.98 Å². The maximum absolute atomic E-state index is 12.9. The lowest BCUT2D eigenvalue weighted by atomic mass is 9.97. The molecule has 2 aromatic rings. The largest absolute Gasteiger partial charge is 0.416 e. The fraction of sp³-hybridized carbons (Fsp3) is 0.154. The van der Waals surface area contributed by atoms with E-state index < -0.39 is 17.8 Å². The molecule has 0 radical (unpaired) electrons. The van der Waals surface area contributed by atoms with Crippen LogP contribution >= 0.6 is 11.6 Å². The molecule has 0 aliphatic carbocycles. The Hall–Kier alpha value is -1.79. The molecule has 1 atom stereocenters. The van der Waals surface area contributed by atoms with Crippen LogP contribution in [0.4, 0.5) is 18.9 Å². The molecule has 0 spiro atoms. The lowest BCUT2D eigenvalue weighted by molar-refractivity contribution is -0.139. The number of nitrogen functional groups attached to an aromatic ring is 1. The van der Waals surface area contributed by atoms with Crippen molar-refractivity contribution in [3.8, 4) is 0 Å². The van der Waals surface area contributed by atoms with Crippen LogP contribution < -0.4 is 5.73 Å². The van der Waals surface area contributed by atoms with Crippen LogP contribution in [-0.4, -0.2) is 10.1 Å². The molecule has 0 bridgehead atoms. The quantitative estimate of drug-likeness (QED) is 0.836. The Morgan fingerprint density at radius 1 is 1.20 bits per heavy atom. The van der Waals surface area contributed by atoms with Crippen molar-refractivity contribution >= 4 is 17.3 Å². The Morgan fingerprint density at radius 2 is 1.90 bits per heavy atom. The van der Waals surface area contributed by atoms with E-state index in [2.05, 4.69) is 4.98 Å². The number of alkyl halides is 3. The number of halogens is 4. The summed E-state index contributed by atoms with van der Waals surface area (Å²) in [5.74, 6) is 0. The van der Waals surface area contributed by atoms with Gasteiger partial charge in [0.15, 0.2) is 0 Å². The molecule has 1 unspecified atom stereocenters. The second kappa shape index (κ2) is 5.30. The molecule has 0 saturated carbocycles. The summed E-state index contributed by atoms with van der Waals surface area (Å²) in [7, 11) is 0. The third-order valence-corrected chi connectivity index (χ3v) is 3.03. The highest BCUT2D eigenvalue weighted by Gasteiger charge is 2.35. The standard InChI is InChI=1S/C13H10ClF3N2O/c14-7-1-2-8(11(18)5-7)12(20)9-6-19-4-3-10(9)13(15,16)17/h1-6,12,20H,18H2. The molecule has 2 rings (SSSR count). The average Bonchev–Trinajstić information content (AvgIpc) is 2.37. The molecule has 1 heterocycles. The minimum absolute atomic E-state index is 0.113. The maximum atomic E-state index is 12.9. The van der Waals surface area contributed by atoms with Crippen LogP contribution in [0.2, 0.25) is 5.02 Å². The van der Waals surface area contributed by atoms with Crippen LogP contribution in [0.15, 0.2) is 36.7 Å². The van der Waals surface area contributed by atoms with Crippen LogP contribution in [0, 0.1) is 0 Å². The Kier molecular flexibility index (Phi) is 3.87. The second-order valence-corrected chi connectivity index (χ2v) is 4.57. The van der Waals surface area contributed by atoms with E-state index in [-0.39, 0.29) is 16.8 Å². The number of pyridine rings is 1. The number of aromatic nitrogens is 1. The van der Waals surface area contributed by atoms with Crippen molar-refractivity contribution < 1.29 is 18.3 Å². The van der Waals surface area contributed by atoms with Gasteiger partial charge in [-0.05, 0) is 18.2 Å². The van der Waals surface area contributed by atoms with Gasteiger partial charge >= 0.3 is 6.18 Å². The van der Waals surface area contributed by atoms with Crippen LogP contribution in [0.25, 0.3) is 0 Å². The summed E-state index contributed by atoms with van der Waals surface area (Å²) >= 11 is 5.72. The third-order valence-electron chi connectivity index (χ3n) is 2.80. The van der Waals surface area contributed by atoms with E-state index in [1.165, 1.54) is 18.2 Å². The molecule has 0 aliphatic rings. The Labute approximate surface area is 117 Å². The van der Waals surface area contributed by atoms with Crippen molar-refractivity contribution in [3.63, 3.8) is 0 Å². The SMILES string of the molecule is Nc1cc(Cl)ccc1C(O)c1cnccc1C(F)(F)F. The van der Waals surface area contributed by atoms with Crippen molar-refractivity contribution in [2.24, 2.45) is 0 Å². The minimum atomic E-state index is -4.58. The van der Waals surface area contributed by atoms with Gasteiger partial charge in [0, 0.05) is 34.2 Å². The minimum Gasteiger partial charge on any atom is -0.398 e. The van der Waals surface area contributed by atoms with Crippen LogP contribution in [0.5, 0.6) is 0 Å². The number of rotatable bonds is 2. The topological polar surface area (TPSA) is 59.1 Å². The first-order valence-electron chi connectivity index (χ1n) is 5.55. The number of hydrogen-bond donors (Lipinski definition) is 2. The summed E-state index contributed by atoms with van der Waals surface area (Å²) in [6, 6.07) is 5.00. The molecule has 106 valence electrons. The monoisotopic (exact) mass is 302 g/mol. The van der Waals surface area contributed by atoms with Crippen LogP contribution in [-0.2, 0) is 6.18 Å². The highest BCUT2D eigenvalue weighted by Crippen LogP contribution is 2.37. The van der Waals surface area contributed by atoms with Gasteiger partial charge in [0.25, 0.3) is 0 Å². The van der Waals surface area contributed by atoms with Gasteiger partial charge in [0.05, 0.1) is 5.56 Å². The molecule has 3 nitrogen and oxygen atoms in total. The summed E-state index contributed by atoms with van der Waals surface area (Å²) in [4.78, 5) is 3.63. The summed E-state index contributed by atoms with van der Waals surface area (Å²) in [5, 5.41) is 10.5. The Morgan fingerprint density at radius 3 is 2.50 bits per heavy atom. The number of anilines is 1. The smallest absolute Gasteiger partial charge is 0.398 e. The number of nitrogens with two attached hydrogens (primary N) is 1. The van der Waals surface area contributed by atoms with E-state index >= 15 is 0 Å². The number of aliphatic hydroxyl groups excluding tert-OH is 1. The first-order valence-corrected chi connectivity index (χ1v) is 5.92. The van der Waals surface area contributed by atoms with Crippen molar-refractivity contribution in [3.05, 3.63) is 58.4 Å². The Bertz CT molecular complexity index is 631. The lowest BCUT2D eigenvalue weighted by Crippen LogP contribution is -2.14. The summed E-state index contributed by atoms with van der Waals surface area (Å²) in [5.41, 5.74) is 4.63. The third kappa shape index (κ3) is 2.86. The predicted molar refractivity (Wildman–Crippen MR) is 69.2 cm³/mol. The van der Waals surface area contributed by atoms with Gasteiger partial charge in [0.2, 0.25) is 0 Å². The van der Waals surface area contributed by atoms with Gasteiger partial charge in [-0.15, -0.1) is 0 Å². The van der Waals surface area contributed by atoms with Crippen LogP contribution in [0.3, 0.4) is 0 Å². The molecule has 0 fully saturated rings. The number of aliphatic hydroxyl groups is 1. The van der Waals surface area contributed by atoms with Crippen molar-refractivity contribution in [1.82, 2.24) is 4.98 Å². The zero-order valence-corrected chi connectivity index (χ0v) is 10.8. The molecule has 1 aromatic carbocycles. The van der Waals surface area contributed by atoms with Crippen molar-refractivity contribution in [1.29, 1.82) is 0 Å². The maximum Gasteiger partial charge on any atom is 0.416 e. The van der Waals surface area contributed by atoms with E-state index in [1.54, 1.807) is 0 Å². The van der Waals surface area contributed by atoms with Crippen molar-refractivity contribution in [2.75, 3.05) is 5.73 Å². The number of hydrogen-bond acceptors (Lipinski definition) is 3. The van der Waals surface area contributed by atoms with Gasteiger partial charge in [0.1, 0.15) is 6.10 Å². The highest BCUT2D eigenvalue weighted by molar-refractivity contribution is 6.30. The van der Waals surface area contributed by atoms with E-state index in [4.69, 9.17) is 17.3 Å². The number of benzene rings is 1.